The number of likely N-dealkylation sites (tertiary alicyclic amines) is 1. The molecule has 0 spiro atoms. The number of benzene rings is 1. The van der Waals surface area contributed by atoms with Gasteiger partial charge in [-0.2, -0.15) is 5.10 Å². The Balaban J connectivity index is 1.68. The molecule has 1 aliphatic heterocycles. The predicted molar refractivity (Wildman–Crippen MR) is 90.2 cm³/mol. The number of amides is 1. The second-order valence-corrected chi connectivity index (χ2v) is 6.20. The van der Waals surface area contributed by atoms with Gasteiger partial charge in [0.05, 0.1) is 0 Å². The molecule has 0 bridgehead atoms. The predicted octanol–water partition coefficient (Wildman–Crippen LogP) is 1.97. The minimum Gasteiger partial charge on any atom is -0.478 e. The molecule has 0 aliphatic carbocycles. The highest BCUT2D eigenvalue weighted by molar-refractivity contribution is 5.82. The van der Waals surface area contributed by atoms with Crippen LogP contribution in [0.5, 0.6) is 5.75 Å². The summed E-state index contributed by atoms with van der Waals surface area (Å²) in [6.07, 6.45) is 3.86. The molecular weight excluding hydrogens is 322 g/mol. The smallest absolute Gasteiger partial charge is 0.348 e. The first kappa shape index (κ1) is 17.0. The molecule has 0 radical (unpaired) electrons. The van der Waals surface area contributed by atoms with Crippen molar-refractivity contribution in [2.75, 3.05) is 13.1 Å². The van der Waals surface area contributed by atoms with E-state index in [4.69, 9.17) is 4.74 Å². The van der Waals surface area contributed by atoms with Crippen LogP contribution >= 0.6 is 0 Å². The van der Waals surface area contributed by atoms with Gasteiger partial charge in [0.2, 0.25) is 11.5 Å². The first-order valence-electron chi connectivity index (χ1n) is 8.27. The fourth-order valence-electron chi connectivity index (χ4n) is 3.05. The van der Waals surface area contributed by atoms with E-state index in [1.807, 2.05) is 6.07 Å². The van der Waals surface area contributed by atoms with Crippen molar-refractivity contribution in [2.24, 2.45) is 0 Å². The number of carboxylic acids is 1. The first-order valence-corrected chi connectivity index (χ1v) is 8.27. The van der Waals surface area contributed by atoms with Crippen molar-refractivity contribution >= 4 is 11.9 Å². The second kappa shape index (κ2) is 6.96. The molecule has 1 aromatic heterocycles. The SMILES string of the molecule is C[C@H](C(=O)N1CCC(Oc2ccccc2)(C(=O)O)CC1)n1cccn1. The summed E-state index contributed by atoms with van der Waals surface area (Å²) in [5.74, 6) is -0.541. The molecule has 1 atom stereocenters. The number of aliphatic carboxylic acids is 1. The highest BCUT2D eigenvalue weighted by atomic mass is 16.5. The number of hydrogen-bond acceptors (Lipinski definition) is 4. The Kier molecular flexibility index (Phi) is 4.74. The van der Waals surface area contributed by atoms with E-state index in [1.165, 1.54) is 0 Å². The Bertz CT molecular complexity index is 722. The van der Waals surface area contributed by atoms with Gasteiger partial charge in [0.1, 0.15) is 11.8 Å². The summed E-state index contributed by atoms with van der Waals surface area (Å²) >= 11 is 0. The van der Waals surface area contributed by atoms with E-state index >= 15 is 0 Å². The minimum atomic E-state index is -1.30. The van der Waals surface area contributed by atoms with Crippen LogP contribution in [0, 0.1) is 0 Å². The number of piperidine rings is 1. The average Bonchev–Trinajstić information content (AvgIpc) is 3.16. The Hall–Kier alpha value is -2.83. The van der Waals surface area contributed by atoms with Gasteiger partial charge in [-0.05, 0) is 25.1 Å². The van der Waals surface area contributed by atoms with Crippen molar-refractivity contribution in [1.29, 1.82) is 0 Å². The fourth-order valence-corrected chi connectivity index (χ4v) is 3.05. The van der Waals surface area contributed by atoms with Crippen LogP contribution in [0.4, 0.5) is 0 Å². The van der Waals surface area contributed by atoms with E-state index in [-0.39, 0.29) is 18.7 Å². The maximum Gasteiger partial charge on any atom is 0.348 e. The lowest BCUT2D eigenvalue weighted by molar-refractivity contribution is -0.162. The van der Waals surface area contributed by atoms with Crippen molar-refractivity contribution in [3.05, 3.63) is 48.8 Å². The number of nitrogens with zero attached hydrogens (tertiary/aromatic N) is 3. The zero-order valence-electron chi connectivity index (χ0n) is 14.0. The summed E-state index contributed by atoms with van der Waals surface area (Å²) in [7, 11) is 0. The van der Waals surface area contributed by atoms with E-state index in [0.717, 1.165) is 0 Å². The molecule has 1 aromatic carbocycles. The van der Waals surface area contributed by atoms with E-state index in [2.05, 4.69) is 5.10 Å². The molecule has 132 valence electrons. The summed E-state index contributed by atoms with van der Waals surface area (Å²) in [4.78, 5) is 26.1. The highest BCUT2D eigenvalue weighted by Gasteiger charge is 2.45. The van der Waals surface area contributed by atoms with Crippen molar-refractivity contribution < 1.29 is 19.4 Å². The third-order valence-electron chi connectivity index (χ3n) is 4.61. The quantitative estimate of drug-likeness (QED) is 0.897. The summed E-state index contributed by atoms with van der Waals surface area (Å²) < 4.78 is 7.41. The van der Waals surface area contributed by atoms with Crippen LogP contribution in [0.1, 0.15) is 25.8 Å². The lowest BCUT2D eigenvalue weighted by atomic mass is 9.90. The summed E-state index contributed by atoms with van der Waals surface area (Å²) in [5, 5.41) is 13.8. The molecular formula is C18H21N3O4. The Morgan fingerprint density at radius 2 is 1.88 bits per heavy atom. The lowest BCUT2D eigenvalue weighted by Crippen LogP contribution is -2.55. The third-order valence-corrected chi connectivity index (χ3v) is 4.61. The monoisotopic (exact) mass is 343 g/mol. The van der Waals surface area contributed by atoms with Gasteiger partial charge in [-0.3, -0.25) is 9.48 Å². The molecule has 1 fully saturated rings. The summed E-state index contributed by atoms with van der Waals surface area (Å²) in [6.45, 7) is 2.46. The molecule has 25 heavy (non-hydrogen) atoms. The van der Waals surface area contributed by atoms with E-state index < -0.39 is 17.6 Å². The number of rotatable bonds is 5. The molecule has 1 saturated heterocycles. The van der Waals surface area contributed by atoms with Crippen LogP contribution in [0.2, 0.25) is 0 Å². The Morgan fingerprint density at radius 3 is 2.44 bits per heavy atom. The topological polar surface area (TPSA) is 84.7 Å². The molecule has 0 unspecified atom stereocenters. The average molecular weight is 343 g/mol. The van der Waals surface area contributed by atoms with Gasteiger partial charge in [-0.15, -0.1) is 0 Å². The number of carbonyl (C=O) groups is 2. The molecule has 1 amide bonds. The maximum atomic E-state index is 12.6. The standard InChI is InChI=1S/C18H21N3O4/c1-14(21-11-5-10-19-21)16(22)20-12-8-18(9-13-20,17(23)24)25-15-6-3-2-4-7-15/h2-7,10-11,14H,8-9,12-13H2,1H3,(H,23,24)/t14-/m1/s1. The van der Waals surface area contributed by atoms with Crippen LogP contribution in [0.3, 0.4) is 0 Å². The van der Waals surface area contributed by atoms with Crippen LogP contribution in [-0.2, 0) is 9.59 Å². The van der Waals surface area contributed by atoms with Crippen LogP contribution in [-0.4, -0.2) is 50.4 Å². The highest BCUT2D eigenvalue weighted by Crippen LogP contribution is 2.30. The number of carbonyl (C=O) groups excluding carboxylic acids is 1. The van der Waals surface area contributed by atoms with Gasteiger partial charge >= 0.3 is 5.97 Å². The normalized spacial score (nSPS) is 17.7. The molecule has 7 heteroatoms. The van der Waals surface area contributed by atoms with Crippen molar-refractivity contribution in [3.63, 3.8) is 0 Å². The van der Waals surface area contributed by atoms with Gasteiger partial charge in [-0.25, -0.2) is 4.79 Å². The number of ether oxygens (including phenoxy) is 1. The molecule has 2 aromatic rings. The van der Waals surface area contributed by atoms with Gasteiger partial charge < -0.3 is 14.7 Å². The molecule has 0 saturated carbocycles. The molecule has 3 rings (SSSR count). The van der Waals surface area contributed by atoms with Crippen molar-refractivity contribution in [1.82, 2.24) is 14.7 Å². The third kappa shape index (κ3) is 3.50. The van der Waals surface area contributed by atoms with E-state index in [9.17, 15) is 14.7 Å². The van der Waals surface area contributed by atoms with Gasteiger partial charge in [0, 0.05) is 38.3 Å². The largest absolute Gasteiger partial charge is 0.478 e. The Labute approximate surface area is 145 Å². The van der Waals surface area contributed by atoms with E-state index in [1.54, 1.807) is 59.2 Å². The lowest BCUT2D eigenvalue weighted by Gasteiger charge is -2.39. The van der Waals surface area contributed by atoms with Crippen molar-refractivity contribution in [2.45, 2.75) is 31.4 Å². The van der Waals surface area contributed by atoms with Crippen LogP contribution < -0.4 is 4.74 Å². The zero-order valence-corrected chi connectivity index (χ0v) is 14.0. The molecule has 1 N–H and O–H groups in total. The minimum absolute atomic E-state index is 0.0672. The Morgan fingerprint density at radius 1 is 1.20 bits per heavy atom. The second-order valence-electron chi connectivity index (χ2n) is 6.20. The molecule has 7 nitrogen and oxygen atoms in total. The molecule has 2 heterocycles. The zero-order chi connectivity index (χ0) is 17.9. The van der Waals surface area contributed by atoms with Gasteiger partial charge in [-0.1, -0.05) is 18.2 Å². The number of para-hydroxylation sites is 1. The number of hydrogen-bond donors (Lipinski definition) is 1. The first-order chi connectivity index (χ1) is 12.0. The van der Waals surface area contributed by atoms with Gasteiger partial charge in [0.25, 0.3) is 0 Å². The number of carboxylic acid groups (broad SMARTS) is 1. The summed E-state index contributed by atoms with van der Waals surface area (Å²) in [6, 6.07) is 10.3. The number of aromatic nitrogens is 2. The van der Waals surface area contributed by atoms with Gasteiger partial charge in [0.15, 0.2) is 0 Å². The van der Waals surface area contributed by atoms with Crippen molar-refractivity contribution in [3.8, 4) is 5.75 Å². The maximum absolute atomic E-state index is 12.6. The van der Waals surface area contributed by atoms with Crippen LogP contribution in [0.15, 0.2) is 48.8 Å². The fraction of sp³-hybridized carbons (Fsp3) is 0.389. The summed E-state index contributed by atoms with van der Waals surface area (Å²) in [5.41, 5.74) is -1.30. The van der Waals surface area contributed by atoms with Crippen LogP contribution in [0.25, 0.3) is 0 Å². The van der Waals surface area contributed by atoms with E-state index in [0.29, 0.717) is 18.8 Å². The molecule has 1 aliphatic rings.